The molecule has 0 rings (SSSR count). The molecule has 0 aliphatic carbocycles. The Morgan fingerprint density at radius 1 is 0.733 bits per heavy atom. The van der Waals surface area contributed by atoms with E-state index in [4.69, 9.17) is 0 Å². The Morgan fingerprint density at radius 2 is 1.20 bits per heavy atom. The van der Waals surface area contributed by atoms with Crippen LogP contribution in [-0.4, -0.2) is 16.6 Å². The normalized spacial score (nSPS) is 12.8. The van der Waals surface area contributed by atoms with Gasteiger partial charge < -0.3 is 0 Å². The van der Waals surface area contributed by atoms with E-state index in [9.17, 15) is 0 Å². The van der Waals surface area contributed by atoms with Gasteiger partial charge in [-0.3, -0.25) is 0 Å². The summed E-state index contributed by atoms with van der Waals surface area (Å²) in [7, 11) is -0.263. The molecule has 0 N–H and O–H groups in total. The van der Waals surface area contributed by atoms with E-state index in [1.807, 2.05) is 0 Å². The first kappa shape index (κ1) is 15.4. The zero-order valence-corrected chi connectivity index (χ0v) is 14.0. The number of unbranched alkanes of at least 4 members (excludes halogenated alkanes) is 7. The average Bonchev–Trinajstić information content (AvgIpc) is 2.14. The quantitative estimate of drug-likeness (QED) is 0.391. The van der Waals surface area contributed by atoms with Crippen molar-refractivity contribution >= 4 is 16.6 Å². The molecule has 0 saturated carbocycles. The van der Waals surface area contributed by atoms with E-state index >= 15 is 0 Å². The van der Waals surface area contributed by atoms with Gasteiger partial charge in [-0.2, -0.15) is 0 Å². The third-order valence-corrected chi connectivity index (χ3v) is 10.9. The largest absolute Gasteiger partial charge is 0.0720 e. The molecule has 0 fully saturated rings. The molecule has 0 amide bonds. The Kier molecular flexibility index (Phi) is 9.92. The third kappa shape index (κ3) is 14.4. The van der Waals surface area contributed by atoms with Crippen molar-refractivity contribution < 1.29 is 0 Å². The molecule has 0 aliphatic heterocycles. The van der Waals surface area contributed by atoms with Crippen molar-refractivity contribution in [3.63, 3.8) is 0 Å². The second-order valence-corrected chi connectivity index (χ2v) is 20.3. The van der Waals surface area contributed by atoms with Gasteiger partial charge in [0, 0.05) is 16.6 Å². The first-order chi connectivity index (χ1) is 7.06. The van der Waals surface area contributed by atoms with Gasteiger partial charge in [0.05, 0.1) is 0 Å². The molecule has 0 aromatic rings. The van der Waals surface area contributed by atoms with Gasteiger partial charge in [-0.05, 0) is 0 Å². The van der Waals surface area contributed by atoms with E-state index in [-0.39, 0.29) is 0 Å². The maximum atomic E-state index is 2.55. The van der Waals surface area contributed by atoms with Gasteiger partial charge in [0.1, 0.15) is 0 Å². The topological polar surface area (TPSA) is 0 Å². The summed E-state index contributed by atoms with van der Waals surface area (Å²) >= 11 is 0. The molecule has 0 nitrogen and oxygen atoms in total. The molecule has 0 spiro atoms. The molecular formula is C13H32Si2. The van der Waals surface area contributed by atoms with Crippen molar-refractivity contribution in [1.29, 1.82) is 0 Å². The highest BCUT2D eigenvalue weighted by Gasteiger charge is 2.11. The van der Waals surface area contributed by atoms with Gasteiger partial charge in [0.2, 0.25) is 0 Å². The van der Waals surface area contributed by atoms with Crippen LogP contribution in [0.5, 0.6) is 0 Å². The van der Waals surface area contributed by atoms with E-state index < -0.39 is 7.59 Å². The monoisotopic (exact) mass is 244 g/mol. The maximum absolute atomic E-state index is 2.55. The number of rotatable bonds is 10. The molecule has 0 atom stereocenters. The molecule has 0 aromatic heterocycles. The summed E-state index contributed by atoms with van der Waals surface area (Å²) in [5.74, 6) is 0. The molecule has 0 unspecified atom stereocenters. The van der Waals surface area contributed by atoms with Gasteiger partial charge in [0.25, 0.3) is 0 Å². The minimum Gasteiger partial charge on any atom is -0.0720 e. The first-order valence-corrected chi connectivity index (χ1v) is 13.9. The minimum atomic E-state index is -0.604. The predicted molar refractivity (Wildman–Crippen MR) is 79.3 cm³/mol. The molecule has 0 radical (unpaired) electrons. The lowest BCUT2D eigenvalue weighted by molar-refractivity contribution is 0.585. The summed E-state index contributed by atoms with van der Waals surface area (Å²) in [6.45, 7) is 9.93. The Morgan fingerprint density at radius 3 is 1.67 bits per heavy atom. The molecule has 0 aromatic carbocycles. The summed E-state index contributed by atoms with van der Waals surface area (Å²) in [4.78, 5) is 0. The van der Waals surface area contributed by atoms with E-state index in [0.717, 1.165) is 0 Å². The lowest BCUT2D eigenvalue weighted by atomic mass is 10.1. The van der Waals surface area contributed by atoms with Crippen molar-refractivity contribution in [2.45, 2.75) is 84.0 Å². The van der Waals surface area contributed by atoms with Gasteiger partial charge in [-0.1, -0.05) is 84.0 Å². The van der Waals surface area contributed by atoms with Crippen LogP contribution in [0.4, 0.5) is 0 Å². The zero-order chi connectivity index (χ0) is 11.6. The van der Waals surface area contributed by atoms with Gasteiger partial charge in [-0.25, -0.2) is 0 Å². The zero-order valence-electron chi connectivity index (χ0n) is 11.6. The van der Waals surface area contributed by atoms with E-state index in [1.165, 1.54) is 44.9 Å². The summed E-state index contributed by atoms with van der Waals surface area (Å²) in [6.07, 6.45) is 11.8. The van der Waals surface area contributed by atoms with Crippen molar-refractivity contribution in [3.8, 4) is 0 Å². The van der Waals surface area contributed by atoms with E-state index in [0.29, 0.717) is 9.04 Å². The molecule has 2 heteroatoms. The fraction of sp³-hybridized carbons (Fsp3) is 1.00. The highest BCUT2D eigenvalue weighted by molar-refractivity contribution is 7.23. The summed E-state index contributed by atoms with van der Waals surface area (Å²) in [6, 6.07) is 1.63. The SMILES string of the molecule is CCCCCCCCCC[SiH2][Si](C)(C)C. The maximum Gasteiger partial charge on any atom is 0.0310 e. The van der Waals surface area contributed by atoms with Crippen molar-refractivity contribution in [2.75, 3.05) is 0 Å². The van der Waals surface area contributed by atoms with Crippen LogP contribution < -0.4 is 0 Å². The molecule has 0 saturated heterocycles. The van der Waals surface area contributed by atoms with Crippen LogP contribution in [0.2, 0.25) is 25.7 Å². The Balaban J connectivity index is 2.99. The van der Waals surface area contributed by atoms with Crippen LogP contribution in [-0.2, 0) is 0 Å². The number of hydrogen-bond acceptors (Lipinski definition) is 0. The second kappa shape index (κ2) is 9.64. The highest BCUT2D eigenvalue weighted by Crippen LogP contribution is 2.11. The smallest absolute Gasteiger partial charge is 0.0310 e. The Bertz CT molecular complexity index is 127. The van der Waals surface area contributed by atoms with Crippen LogP contribution in [0.3, 0.4) is 0 Å². The molecule has 92 valence electrons. The second-order valence-electron chi connectivity index (χ2n) is 6.14. The van der Waals surface area contributed by atoms with Gasteiger partial charge in [-0.15, -0.1) is 0 Å². The lowest BCUT2D eigenvalue weighted by Crippen LogP contribution is -2.29. The van der Waals surface area contributed by atoms with Crippen molar-refractivity contribution in [1.82, 2.24) is 0 Å². The van der Waals surface area contributed by atoms with E-state index in [2.05, 4.69) is 26.6 Å². The van der Waals surface area contributed by atoms with Crippen LogP contribution in [0, 0.1) is 0 Å². The fourth-order valence-corrected chi connectivity index (χ4v) is 7.56. The van der Waals surface area contributed by atoms with E-state index in [1.54, 1.807) is 12.5 Å². The van der Waals surface area contributed by atoms with Crippen molar-refractivity contribution in [2.24, 2.45) is 0 Å². The summed E-state index contributed by atoms with van der Waals surface area (Å²) in [5, 5.41) is 0. The fourth-order valence-electron chi connectivity index (χ4n) is 1.97. The van der Waals surface area contributed by atoms with Crippen LogP contribution in [0.1, 0.15) is 58.3 Å². The average molecular weight is 245 g/mol. The first-order valence-electron chi connectivity index (χ1n) is 7.06. The molecule has 0 aliphatic rings. The molecule has 0 heterocycles. The Hall–Kier alpha value is 0.434. The molecule has 0 bridgehead atoms. The van der Waals surface area contributed by atoms with Crippen LogP contribution >= 0.6 is 0 Å². The predicted octanol–water partition coefficient (Wildman–Crippen LogP) is 4.55. The lowest BCUT2D eigenvalue weighted by Gasteiger charge is -2.14. The van der Waals surface area contributed by atoms with Crippen LogP contribution in [0.15, 0.2) is 0 Å². The molecular weight excluding hydrogens is 212 g/mol. The summed E-state index contributed by atoms with van der Waals surface area (Å²) in [5.41, 5.74) is 0. The minimum absolute atomic E-state index is 0.341. The van der Waals surface area contributed by atoms with Gasteiger partial charge in [0.15, 0.2) is 0 Å². The van der Waals surface area contributed by atoms with Crippen LogP contribution in [0.25, 0.3) is 0 Å². The summed E-state index contributed by atoms with van der Waals surface area (Å²) < 4.78 is 0. The highest BCUT2D eigenvalue weighted by atomic mass is 29.2. The third-order valence-electron chi connectivity index (χ3n) is 3.03. The Labute approximate surface area is 101 Å². The van der Waals surface area contributed by atoms with Gasteiger partial charge >= 0.3 is 0 Å². The standard InChI is InChI=1S/C13H32Si2/c1-5-6-7-8-9-10-11-12-13-14-15(2,3)4/h5-14H2,1-4H3. The van der Waals surface area contributed by atoms with Crippen molar-refractivity contribution in [3.05, 3.63) is 0 Å². The number of hydrogen-bond donors (Lipinski definition) is 0. The molecule has 15 heavy (non-hydrogen) atoms.